The first-order valence-electron chi connectivity index (χ1n) is 7.90. The average Bonchev–Trinajstić information content (AvgIpc) is 3.12. The maximum atomic E-state index is 4.80. The van der Waals surface area contributed by atoms with Gasteiger partial charge >= 0.3 is 0 Å². The monoisotopic (exact) mass is 340 g/mol. The van der Waals surface area contributed by atoms with E-state index in [4.69, 9.17) is 5.10 Å². The molecule has 0 N–H and O–H groups in total. The minimum absolute atomic E-state index is 0.666. The summed E-state index contributed by atoms with van der Waals surface area (Å²) in [5.41, 5.74) is 1.24. The molecule has 4 nitrogen and oxygen atoms in total. The van der Waals surface area contributed by atoms with E-state index in [0.29, 0.717) is 6.04 Å². The highest BCUT2D eigenvalue weighted by Gasteiger charge is 2.19. The third kappa shape index (κ3) is 3.62. The van der Waals surface area contributed by atoms with Gasteiger partial charge in [-0.3, -0.25) is 14.5 Å². The summed E-state index contributed by atoms with van der Waals surface area (Å²) < 4.78 is 2.21. The molecular formula is C15H25BrN4. The Balaban J connectivity index is 1.49. The topological polar surface area (TPSA) is 24.3 Å². The number of hydrogen-bond donors (Lipinski definition) is 0. The zero-order chi connectivity index (χ0) is 13.8. The van der Waals surface area contributed by atoms with Crippen molar-refractivity contribution in [1.82, 2.24) is 19.6 Å². The van der Waals surface area contributed by atoms with Crippen LogP contribution in [0.3, 0.4) is 0 Å². The fourth-order valence-corrected chi connectivity index (χ4v) is 3.86. The van der Waals surface area contributed by atoms with E-state index in [1.54, 1.807) is 0 Å². The molecule has 1 saturated carbocycles. The van der Waals surface area contributed by atoms with Crippen LogP contribution in [-0.2, 0) is 6.54 Å². The van der Waals surface area contributed by atoms with Gasteiger partial charge in [0.25, 0.3) is 0 Å². The van der Waals surface area contributed by atoms with Crippen LogP contribution >= 0.6 is 15.9 Å². The van der Waals surface area contributed by atoms with Gasteiger partial charge in [0.15, 0.2) is 0 Å². The van der Waals surface area contributed by atoms with E-state index >= 15 is 0 Å². The van der Waals surface area contributed by atoms with Crippen molar-refractivity contribution in [3.8, 4) is 0 Å². The fraction of sp³-hybridized carbons (Fsp3) is 0.800. The van der Waals surface area contributed by atoms with E-state index in [-0.39, 0.29) is 0 Å². The summed E-state index contributed by atoms with van der Waals surface area (Å²) in [6, 6.07) is 2.88. The van der Waals surface area contributed by atoms with E-state index in [9.17, 15) is 0 Å². The smallest absolute Gasteiger partial charge is 0.0764 e. The SMILES string of the molecule is BrCCN1CCN(Cc2ccn(C3CCCC3)n2)CC1. The van der Waals surface area contributed by atoms with Crippen molar-refractivity contribution in [3.05, 3.63) is 18.0 Å². The van der Waals surface area contributed by atoms with Gasteiger partial charge in [0.05, 0.1) is 11.7 Å². The molecule has 1 aliphatic heterocycles. The van der Waals surface area contributed by atoms with Crippen LogP contribution in [0.25, 0.3) is 0 Å². The van der Waals surface area contributed by atoms with Crippen molar-refractivity contribution >= 4 is 15.9 Å². The number of alkyl halides is 1. The summed E-state index contributed by atoms with van der Waals surface area (Å²) in [6.45, 7) is 6.91. The zero-order valence-electron chi connectivity index (χ0n) is 12.2. The van der Waals surface area contributed by atoms with Gasteiger partial charge in [-0.1, -0.05) is 28.8 Å². The third-order valence-corrected chi connectivity index (χ3v) is 4.97. The molecule has 5 heteroatoms. The first-order chi connectivity index (χ1) is 9.85. The van der Waals surface area contributed by atoms with Crippen molar-refractivity contribution in [2.75, 3.05) is 38.1 Å². The van der Waals surface area contributed by atoms with E-state index < -0.39 is 0 Å². The molecule has 0 bridgehead atoms. The highest BCUT2D eigenvalue weighted by atomic mass is 79.9. The van der Waals surface area contributed by atoms with Crippen molar-refractivity contribution in [2.24, 2.45) is 0 Å². The first-order valence-corrected chi connectivity index (χ1v) is 9.02. The molecule has 2 heterocycles. The standard InChI is InChI=1S/C15H25BrN4/c16-6-8-18-9-11-19(12-10-18)13-14-5-7-20(17-14)15-3-1-2-4-15/h5,7,15H,1-4,6,8-13H2. The van der Waals surface area contributed by atoms with Crippen LogP contribution in [0.5, 0.6) is 0 Å². The number of aromatic nitrogens is 2. The second-order valence-electron chi connectivity index (χ2n) is 6.03. The van der Waals surface area contributed by atoms with Crippen molar-refractivity contribution in [2.45, 2.75) is 38.3 Å². The maximum Gasteiger partial charge on any atom is 0.0764 e. The Hall–Kier alpha value is -0.390. The van der Waals surface area contributed by atoms with Crippen molar-refractivity contribution in [1.29, 1.82) is 0 Å². The summed E-state index contributed by atoms with van der Waals surface area (Å²) >= 11 is 3.52. The highest BCUT2D eigenvalue weighted by Crippen LogP contribution is 2.28. The lowest BCUT2D eigenvalue weighted by Gasteiger charge is -2.33. The molecule has 3 rings (SSSR count). The van der Waals surface area contributed by atoms with E-state index in [0.717, 1.165) is 11.9 Å². The van der Waals surface area contributed by atoms with Gasteiger partial charge in [-0.25, -0.2) is 0 Å². The molecule has 0 unspecified atom stereocenters. The van der Waals surface area contributed by atoms with Gasteiger partial charge in [0.1, 0.15) is 0 Å². The lowest BCUT2D eigenvalue weighted by atomic mass is 10.3. The second kappa shape index (κ2) is 7.05. The largest absolute Gasteiger partial charge is 0.300 e. The molecule has 1 aromatic heterocycles. The molecule has 2 aliphatic rings. The molecule has 0 spiro atoms. The van der Waals surface area contributed by atoms with Crippen LogP contribution < -0.4 is 0 Å². The predicted molar refractivity (Wildman–Crippen MR) is 85.2 cm³/mol. The molecule has 1 aromatic rings. The predicted octanol–water partition coefficient (Wildman–Crippen LogP) is 2.51. The van der Waals surface area contributed by atoms with E-state index in [1.165, 1.54) is 64.1 Å². The zero-order valence-corrected chi connectivity index (χ0v) is 13.8. The highest BCUT2D eigenvalue weighted by molar-refractivity contribution is 9.09. The summed E-state index contributed by atoms with van der Waals surface area (Å²) in [6.07, 6.45) is 7.55. The quantitative estimate of drug-likeness (QED) is 0.769. The normalized spacial score (nSPS) is 22.6. The fourth-order valence-electron chi connectivity index (χ4n) is 3.35. The lowest BCUT2D eigenvalue weighted by Crippen LogP contribution is -2.46. The van der Waals surface area contributed by atoms with Crippen LogP contribution in [-0.4, -0.2) is 57.6 Å². The van der Waals surface area contributed by atoms with Gasteiger partial charge in [-0.15, -0.1) is 0 Å². The molecule has 112 valence electrons. The van der Waals surface area contributed by atoms with Gasteiger partial charge in [-0.2, -0.15) is 5.10 Å². The molecule has 0 amide bonds. The van der Waals surface area contributed by atoms with Crippen LogP contribution in [0, 0.1) is 0 Å². The summed E-state index contributed by atoms with van der Waals surface area (Å²) in [5.74, 6) is 0. The van der Waals surface area contributed by atoms with Crippen LogP contribution in [0.2, 0.25) is 0 Å². The second-order valence-corrected chi connectivity index (χ2v) is 6.83. The molecule has 0 radical (unpaired) electrons. The number of halogens is 1. The molecule has 20 heavy (non-hydrogen) atoms. The molecule has 1 saturated heterocycles. The number of hydrogen-bond acceptors (Lipinski definition) is 3. The Morgan fingerprint density at radius 3 is 2.50 bits per heavy atom. The maximum absolute atomic E-state index is 4.80. The Morgan fingerprint density at radius 2 is 1.80 bits per heavy atom. The van der Waals surface area contributed by atoms with E-state index in [1.807, 2.05) is 0 Å². The Morgan fingerprint density at radius 1 is 1.10 bits per heavy atom. The van der Waals surface area contributed by atoms with Crippen LogP contribution in [0.15, 0.2) is 12.3 Å². The third-order valence-electron chi connectivity index (χ3n) is 4.61. The molecule has 1 aliphatic carbocycles. The minimum atomic E-state index is 0.666. The van der Waals surface area contributed by atoms with Crippen molar-refractivity contribution < 1.29 is 0 Å². The van der Waals surface area contributed by atoms with Gasteiger partial charge in [-0.05, 0) is 18.9 Å². The lowest BCUT2D eigenvalue weighted by molar-refractivity contribution is 0.131. The molecular weight excluding hydrogens is 316 g/mol. The van der Waals surface area contributed by atoms with Crippen LogP contribution in [0.1, 0.15) is 37.4 Å². The number of nitrogens with zero attached hydrogens (tertiary/aromatic N) is 4. The number of rotatable bonds is 5. The van der Waals surface area contributed by atoms with Gasteiger partial charge in [0.2, 0.25) is 0 Å². The molecule has 0 aromatic carbocycles. The van der Waals surface area contributed by atoms with Crippen molar-refractivity contribution in [3.63, 3.8) is 0 Å². The Kier molecular flexibility index (Phi) is 5.13. The van der Waals surface area contributed by atoms with E-state index in [2.05, 4.69) is 42.7 Å². The molecule has 2 fully saturated rings. The minimum Gasteiger partial charge on any atom is -0.300 e. The summed E-state index contributed by atoms with van der Waals surface area (Å²) in [4.78, 5) is 5.06. The van der Waals surface area contributed by atoms with Gasteiger partial charge in [0, 0.05) is 50.8 Å². The number of piperazine rings is 1. The van der Waals surface area contributed by atoms with Gasteiger partial charge < -0.3 is 0 Å². The van der Waals surface area contributed by atoms with Crippen LogP contribution in [0.4, 0.5) is 0 Å². The summed E-state index contributed by atoms with van der Waals surface area (Å²) in [7, 11) is 0. The Bertz CT molecular complexity index is 406. The average molecular weight is 341 g/mol. The summed E-state index contributed by atoms with van der Waals surface area (Å²) in [5, 5.41) is 5.88. The molecule has 0 atom stereocenters. The Labute approximate surface area is 130 Å². The first kappa shape index (κ1) is 14.5.